The van der Waals surface area contributed by atoms with Crippen LogP contribution in [0.4, 0.5) is 4.79 Å². The summed E-state index contributed by atoms with van der Waals surface area (Å²) in [5.41, 5.74) is 2.42. The summed E-state index contributed by atoms with van der Waals surface area (Å²) in [7, 11) is -3.62. The van der Waals surface area contributed by atoms with E-state index < -0.39 is 10.0 Å². The second kappa shape index (κ2) is 10.3. The van der Waals surface area contributed by atoms with Gasteiger partial charge < -0.3 is 15.4 Å². The molecule has 0 aliphatic rings. The van der Waals surface area contributed by atoms with Crippen molar-refractivity contribution in [3.05, 3.63) is 59.2 Å². The Morgan fingerprint density at radius 2 is 1.76 bits per heavy atom. The Hall–Kier alpha value is -2.58. The molecule has 0 atom stereocenters. The molecule has 7 nitrogen and oxygen atoms in total. The molecule has 0 aromatic heterocycles. The molecule has 0 heterocycles. The molecule has 0 fully saturated rings. The van der Waals surface area contributed by atoms with E-state index in [1.54, 1.807) is 19.1 Å². The number of hydrogen-bond donors (Lipinski definition) is 3. The number of nitrogens with one attached hydrogen (secondary N) is 3. The lowest BCUT2D eigenvalue weighted by atomic mass is 10.2. The van der Waals surface area contributed by atoms with E-state index in [2.05, 4.69) is 15.4 Å². The van der Waals surface area contributed by atoms with Crippen molar-refractivity contribution in [2.24, 2.45) is 0 Å². The van der Waals surface area contributed by atoms with Gasteiger partial charge in [0.2, 0.25) is 10.0 Å². The second-order valence-electron chi connectivity index (χ2n) is 7.05. The van der Waals surface area contributed by atoms with Crippen molar-refractivity contribution in [2.75, 3.05) is 13.1 Å². The van der Waals surface area contributed by atoms with E-state index in [4.69, 9.17) is 4.74 Å². The Morgan fingerprint density at radius 1 is 1.03 bits per heavy atom. The maximum Gasteiger partial charge on any atom is 0.315 e. The molecule has 8 heteroatoms. The van der Waals surface area contributed by atoms with Gasteiger partial charge in [-0.1, -0.05) is 30.3 Å². The fraction of sp³-hybridized carbons (Fsp3) is 0.381. The van der Waals surface area contributed by atoms with Gasteiger partial charge in [0, 0.05) is 25.2 Å². The number of amides is 2. The van der Waals surface area contributed by atoms with E-state index in [9.17, 15) is 13.2 Å². The summed E-state index contributed by atoms with van der Waals surface area (Å²) in [6.45, 7) is 8.04. The van der Waals surface area contributed by atoms with Crippen LogP contribution in [0.3, 0.4) is 0 Å². The summed E-state index contributed by atoms with van der Waals surface area (Å²) in [6.07, 6.45) is 0.0371. The molecule has 29 heavy (non-hydrogen) atoms. The molecule has 0 bridgehead atoms. The molecule has 0 saturated carbocycles. The van der Waals surface area contributed by atoms with Crippen molar-refractivity contribution in [1.29, 1.82) is 0 Å². The van der Waals surface area contributed by atoms with Crippen molar-refractivity contribution in [1.82, 2.24) is 15.4 Å². The average Bonchev–Trinajstić information content (AvgIpc) is 2.66. The predicted molar refractivity (Wildman–Crippen MR) is 114 cm³/mol. The lowest BCUT2D eigenvalue weighted by Crippen LogP contribution is -2.40. The van der Waals surface area contributed by atoms with Gasteiger partial charge in [0.15, 0.2) is 0 Å². The van der Waals surface area contributed by atoms with Crippen LogP contribution in [0.15, 0.2) is 47.4 Å². The van der Waals surface area contributed by atoms with Crippen LogP contribution >= 0.6 is 0 Å². The van der Waals surface area contributed by atoms with Crippen molar-refractivity contribution >= 4 is 16.1 Å². The van der Waals surface area contributed by atoms with E-state index in [-0.39, 0.29) is 30.1 Å². The maximum absolute atomic E-state index is 12.4. The van der Waals surface area contributed by atoms with Crippen LogP contribution in [0.5, 0.6) is 5.75 Å². The molecule has 0 unspecified atom stereocenters. The summed E-state index contributed by atoms with van der Waals surface area (Å²) in [6, 6.07) is 12.4. The van der Waals surface area contributed by atoms with Gasteiger partial charge in [0.25, 0.3) is 0 Å². The largest absolute Gasteiger partial charge is 0.491 e. The summed E-state index contributed by atoms with van der Waals surface area (Å²) in [4.78, 5) is 12.3. The monoisotopic (exact) mass is 419 g/mol. The third-order valence-electron chi connectivity index (χ3n) is 4.11. The molecule has 0 saturated heterocycles. The standard InChI is InChI=1S/C21H29N3O4S/c1-15(2)28-19-8-6-5-7-18(19)14-23-21(25)22-11-12-24-29(26,27)20-13-16(3)9-10-17(20)4/h5-10,13,15,24H,11-12,14H2,1-4H3,(H2,22,23,25). The maximum atomic E-state index is 12.4. The fourth-order valence-electron chi connectivity index (χ4n) is 2.69. The number of sulfonamides is 1. The van der Waals surface area contributed by atoms with Crippen LogP contribution in [0.1, 0.15) is 30.5 Å². The molecule has 0 aliphatic heterocycles. The first-order chi connectivity index (χ1) is 13.7. The Labute approximate surface area is 172 Å². The van der Waals surface area contributed by atoms with E-state index in [0.29, 0.717) is 12.1 Å². The number of carbonyl (C=O) groups excluding carboxylic acids is 1. The van der Waals surface area contributed by atoms with Crippen LogP contribution in [0, 0.1) is 13.8 Å². The van der Waals surface area contributed by atoms with Crippen LogP contribution in [-0.2, 0) is 16.6 Å². The minimum Gasteiger partial charge on any atom is -0.491 e. The summed E-state index contributed by atoms with van der Waals surface area (Å²) in [5.74, 6) is 0.726. The average molecular weight is 420 g/mol. The topological polar surface area (TPSA) is 96.5 Å². The first-order valence-electron chi connectivity index (χ1n) is 9.52. The van der Waals surface area contributed by atoms with Crippen molar-refractivity contribution in [3.8, 4) is 5.75 Å². The number of ether oxygens (including phenoxy) is 1. The number of para-hydroxylation sites is 1. The zero-order valence-electron chi connectivity index (χ0n) is 17.3. The molecule has 2 amide bonds. The Morgan fingerprint density at radius 3 is 2.48 bits per heavy atom. The van der Waals surface area contributed by atoms with Crippen LogP contribution < -0.4 is 20.1 Å². The zero-order chi connectivity index (χ0) is 21.4. The van der Waals surface area contributed by atoms with Gasteiger partial charge in [-0.3, -0.25) is 0 Å². The minimum atomic E-state index is -3.62. The van der Waals surface area contributed by atoms with Gasteiger partial charge in [-0.05, 0) is 51.0 Å². The number of aryl methyl sites for hydroxylation is 2. The molecule has 3 N–H and O–H groups in total. The van der Waals surface area contributed by atoms with Gasteiger partial charge in [-0.2, -0.15) is 0 Å². The van der Waals surface area contributed by atoms with E-state index in [1.165, 1.54) is 0 Å². The van der Waals surface area contributed by atoms with Crippen molar-refractivity contribution in [3.63, 3.8) is 0 Å². The normalized spacial score (nSPS) is 11.3. The highest BCUT2D eigenvalue weighted by Crippen LogP contribution is 2.19. The fourth-order valence-corrected chi connectivity index (χ4v) is 4.05. The van der Waals surface area contributed by atoms with E-state index >= 15 is 0 Å². The molecule has 0 spiro atoms. The minimum absolute atomic E-state index is 0.0371. The second-order valence-corrected chi connectivity index (χ2v) is 8.79. The van der Waals surface area contributed by atoms with Gasteiger partial charge in [0.1, 0.15) is 5.75 Å². The van der Waals surface area contributed by atoms with Crippen LogP contribution in [0.25, 0.3) is 0 Å². The lowest BCUT2D eigenvalue weighted by molar-refractivity contribution is 0.236. The highest BCUT2D eigenvalue weighted by atomic mass is 32.2. The highest BCUT2D eigenvalue weighted by molar-refractivity contribution is 7.89. The Kier molecular flexibility index (Phi) is 8.04. The number of benzene rings is 2. The molecular weight excluding hydrogens is 390 g/mol. The first-order valence-corrected chi connectivity index (χ1v) is 11.0. The number of carbonyl (C=O) groups is 1. The number of hydrogen-bond acceptors (Lipinski definition) is 4. The van der Waals surface area contributed by atoms with E-state index in [1.807, 2.05) is 51.1 Å². The molecular formula is C21H29N3O4S. The molecule has 158 valence electrons. The smallest absolute Gasteiger partial charge is 0.315 e. The van der Waals surface area contributed by atoms with E-state index in [0.717, 1.165) is 16.9 Å². The molecule has 0 radical (unpaired) electrons. The first kappa shape index (κ1) is 22.7. The number of urea groups is 1. The van der Waals surface area contributed by atoms with Crippen molar-refractivity contribution < 1.29 is 17.9 Å². The van der Waals surface area contributed by atoms with Gasteiger partial charge in [-0.25, -0.2) is 17.9 Å². The zero-order valence-corrected chi connectivity index (χ0v) is 18.1. The summed E-state index contributed by atoms with van der Waals surface area (Å²) in [5, 5.41) is 5.40. The SMILES string of the molecule is Cc1ccc(C)c(S(=O)(=O)NCCNC(=O)NCc2ccccc2OC(C)C)c1. The Balaban J connectivity index is 1.80. The summed E-state index contributed by atoms with van der Waals surface area (Å²) < 4.78 is 33.1. The third-order valence-corrected chi connectivity index (χ3v) is 5.71. The quantitative estimate of drug-likeness (QED) is 0.545. The predicted octanol–water partition coefficient (Wildman–Crippen LogP) is 2.87. The van der Waals surface area contributed by atoms with Gasteiger partial charge in [0.05, 0.1) is 11.0 Å². The Bertz CT molecular complexity index is 943. The molecule has 0 aliphatic carbocycles. The van der Waals surface area contributed by atoms with Gasteiger partial charge in [-0.15, -0.1) is 0 Å². The lowest BCUT2D eigenvalue weighted by Gasteiger charge is -2.15. The molecule has 2 rings (SSSR count). The molecule has 2 aromatic rings. The third kappa shape index (κ3) is 7.07. The number of rotatable bonds is 9. The summed E-state index contributed by atoms with van der Waals surface area (Å²) >= 11 is 0. The van der Waals surface area contributed by atoms with Crippen molar-refractivity contribution in [2.45, 2.75) is 45.2 Å². The van der Waals surface area contributed by atoms with Crippen LogP contribution in [0.2, 0.25) is 0 Å². The highest BCUT2D eigenvalue weighted by Gasteiger charge is 2.16. The van der Waals surface area contributed by atoms with Crippen LogP contribution in [-0.4, -0.2) is 33.6 Å². The van der Waals surface area contributed by atoms with Gasteiger partial charge >= 0.3 is 6.03 Å². The molecule has 2 aromatic carbocycles.